The highest BCUT2D eigenvalue weighted by Crippen LogP contribution is 2.49. The van der Waals surface area contributed by atoms with Crippen molar-refractivity contribution in [3.63, 3.8) is 0 Å². The molecule has 0 bridgehead atoms. The molecule has 0 saturated heterocycles. The summed E-state index contributed by atoms with van der Waals surface area (Å²) in [5, 5.41) is 3.48. The maximum atomic E-state index is 6.93. The van der Waals surface area contributed by atoms with Crippen LogP contribution >= 0.6 is 0 Å². The van der Waals surface area contributed by atoms with Gasteiger partial charge in [-0.1, -0.05) is 152 Å². The number of benzene rings is 7. The molecule has 3 heterocycles. The van der Waals surface area contributed by atoms with Gasteiger partial charge >= 0.3 is 0 Å². The van der Waals surface area contributed by atoms with E-state index in [0.717, 1.165) is 51.4 Å². The Labute approximate surface area is 313 Å². The molecule has 0 amide bonds. The van der Waals surface area contributed by atoms with Crippen molar-refractivity contribution in [1.82, 2.24) is 14.5 Å². The minimum Gasteiger partial charge on any atom is -0.459 e. The lowest BCUT2D eigenvalue weighted by Gasteiger charge is -2.20. The smallest absolute Gasteiger partial charge is 0.160 e. The second kappa shape index (κ2) is 12.3. The van der Waals surface area contributed by atoms with Crippen molar-refractivity contribution >= 4 is 38.4 Å². The Morgan fingerprint density at radius 2 is 1.13 bits per heavy atom. The number of fused-ring (bicyclic) bond motifs is 7. The number of hydrogen-bond acceptors (Lipinski definition) is 3. The summed E-state index contributed by atoms with van der Waals surface area (Å²) in [5.41, 5.74) is 13.2. The summed E-state index contributed by atoms with van der Waals surface area (Å²) in [6.07, 6.45) is 5.41. The second-order valence-corrected chi connectivity index (χ2v) is 14.1. The monoisotopic (exact) mass is 691 g/mol. The van der Waals surface area contributed by atoms with Crippen LogP contribution in [0.2, 0.25) is 0 Å². The number of rotatable bonds is 5. The quantitative estimate of drug-likeness (QED) is 0.180. The topological polar surface area (TPSA) is 39.9 Å². The SMILES string of the molecule is C1=CC(n2c3ccccc3c3ccc(-c4ccccc4)cc32)=C2Oc3cc(-c4nc(-c5ccc(-c6ccccc6)cc5)c5ccccc5n4)ccc3C2C1. The summed E-state index contributed by atoms with van der Waals surface area (Å²) < 4.78 is 9.32. The van der Waals surface area contributed by atoms with Gasteiger partial charge in [0, 0.05) is 32.8 Å². The lowest BCUT2D eigenvalue weighted by Crippen LogP contribution is -2.09. The van der Waals surface area contributed by atoms with E-state index < -0.39 is 0 Å². The van der Waals surface area contributed by atoms with Gasteiger partial charge in [-0.15, -0.1) is 0 Å². The molecule has 0 radical (unpaired) electrons. The van der Waals surface area contributed by atoms with Crippen molar-refractivity contribution in [2.45, 2.75) is 12.3 Å². The van der Waals surface area contributed by atoms with E-state index >= 15 is 0 Å². The van der Waals surface area contributed by atoms with E-state index in [1.165, 1.54) is 49.6 Å². The molecule has 11 rings (SSSR count). The van der Waals surface area contributed by atoms with Crippen LogP contribution in [0.4, 0.5) is 0 Å². The molecule has 254 valence electrons. The zero-order valence-corrected chi connectivity index (χ0v) is 29.4. The summed E-state index contributed by atoms with van der Waals surface area (Å²) in [4.78, 5) is 10.3. The second-order valence-electron chi connectivity index (χ2n) is 14.1. The molecule has 0 spiro atoms. The molecule has 0 fully saturated rings. The Hall–Kier alpha value is -7.04. The van der Waals surface area contributed by atoms with Crippen molar-refractivity contribution < 1.29 is 4.74 Å². The molecular weight excluding hydrogens is 659 g/mol. The molecule has 1 aliphatic heterocycles. The first-order valence-electron chi connectivity index (χ1n) is 18.5. The molecule has 54 heavy (non-hydrogen) atoms. The molecule has 2 aliphatic rings. The minimum absolute atomic E-state index is 0.124. The van der Waals surface area contributed by atoms with Crippen LogP contribution in [0.1, 0.15) is 17.9 Å². The number of ether oxygens (including phenoxy) is 1. The maximum absolute atomic E-state index is 6.93. The molecular formula is C50H33N3O. The first-order chi connectivity index (χ1) is 26.8. The van der Waals surface area contributed by atoms with Crippen molar-refractivity contribution in [3.8, 4) is 50.6 Å². The van der Waals surface area contributed by atoms with Crippen molar-refractivity contribution in [2.75, 3.05) is 0 Å². The summed E-state index contributed by atoms with van der Waals surface area (Å²) >= 11 is 0. The van der Waals surface area contributed by atoms with Gasteiger partial charge < -0.3 is 9.30 Å². The molecule has 0 N–H and O–H groups in total. The first-order valence-corrected chi connectivity index (χ1v) is 18.5. The molecule has 4 heteroatoms. The highest BCUT2D eigenvalue weighted by molar-refractivity contribution is 6.11. The van der Waals surface area contributed by atoms with E-state index in [0.29, 0.717) is 5.82 Å². The lowest BCUT2D eigenvalue weighted by molar-refractivity contribution is 0.426. The van der Waals surface area contributed by atoms with E-state index in [-0.39, 0.29) is 5.92 Å². The third-order valence-electron chi connectivity index (χ3n) is 11.0. The Morgan fingerprint density at radius 1 is 0.500 bits per heavy atom. The fourth-order valence-electron chi connectivity index (χ4n) is 8.35. The third-order valence-corrected chi connectivity index (χ3v) is 11.0. The Morgan fingerprint density at radius 3 is 1.94 bits per heavy atom. The van der Waals surface area contributed by atoms with E-state index in [2.05, 4.69) is 174 Å². The summed E-state index contributed by atoms with van der Waals surface area (Å²) in [6, 6.07) is 60.0. The molecule has 1 aliphatic carbocycles. The predicted molar refractivity (Wildman–Crippen MR) is 221 cm³/mol. The van der Waals surface area contributed by atoms with E-state index in [9.17, 15) is 0 Å². The average molecular weight is 692 g/mol. The van der Waals surface area contributed by atoms with Crippen molar-refractivity contribution in [3.05, 3.63) is 193 Å². The Balaban J connectivity index is 1.01. The zero-order valence-electron chi connectivity index (χ0n) is 29.4. The normalized spacial score (nSPS) is 14.8. The van der Waals surface area contributed by atoms with Crippen molar-refractivity contribution in [2.24, 2.45) is 0 Å². The molecule has 0 saturated carbocycles. The largest absolute Gasteiger partial charge is 0.459 e. The van der Waals surface area contributed by atoms with Gasteiger partial charge in [0.25, 0.3) is 0 Å². The molecule has 9 aromatic rings. The van der Waals surface area contributed by atoms with Gasteiger partial charge in [-0.2, -0.15) is 0 Å². The lowest BCUT2D eigenvalue weighted by atomic mass is 9.90. The number of allylic oxidation sites excluding steroid dienone is 4. The van der Waals surface area contributed by atoms with Crippen molar-refractivity contribution in [1.29, 1.82) is 0 Å². The van der Waals surface area contributed by atoms with E-state index in [1.807, 2.05) is 12.1 Å². The van der Waals surface area contributed by atoms with Crippen LogP contribution < -0.4 is 4.74 Å². The van der Waals surface area contributed by atoms with Gasteiger partial charge in [0.15, 0.2) is 5.82 Å². The van der Waals surface area contributed by atoms with Crippen LogP contribution in [0.25, 0.3) is 83.3 Å². The molecule has 4 nitrogen and oxygen atoms in total. The fourth-order valence-corrected chi connectivity index (χ4v) is 8.35. The number of para-hydroxylation sites is 2. The number of nitrogens with zero attached hydrogens (tertiary/aromatic N) is 3. The van der Waals surface area contributed by atoms with Gasteiger partial charge in [0.05, 0.1) is 33.9 Å². The van der Waals surface area contributed by atoms with Crippen LogP contribution in [-0.4, -0.2) is 14.5 Å². The van der Waals surface area contributed by atoms with Crippen LogP contribution in [0.5, 0.6) is 5.75 Å². The highest BCUT2D eigenvalue weighted by atomic mass is 16.5. The summed E-state index contributed by atoms with van der Waals surface area (Å²) in [5.74, 6) is 2.65. The Bertz CT molecular complexity index is 2980. The zero-order chi connectivity index (χ0) is 35.6. The van der Waals surface area contributed by atoms with E-state index in [1.54, 1.807) is 0 Å². The molecule has 1 atom stereocenters. The van der Waals surface area contributed by atoms with Gasteiger partial charge in [-0.25, -0.2) is 9.97 Å². The predicted octanol–water partition coefficient (Wildman–Crippen LogP) is 12.7. The molecule has 1 unspecified atom stereocenters. The standard InChI is InChI=1S/C50H33N3O/c1-3-12-32(13-4-1)34-22-24-35(25-23-34)48-42-17-7-9-19-43(42)51-50(52-48)37-27-29-40-41-18-11-21-45(49(41)54-47(40)31-37)53-44-20-10-8-16-38(44)39-28-26-36(30-46(39)53)33-14-5-2-6-15-33/h1-17,19-31,41H,18H2. The highest BCUT2D eigenvalue weighted by Gasteiger charge is 2.35. The number of hydrogen-bond donors (Lipinski definition) is 0. The Kier molecular flexibility index (Phi) is 6.96. The average Bonchev–Trinajstić information content (AvgIpc) is 3.79. The third kappa shape index (κ3) is 4.91. The van der Waals surface area contributed by atoms with Crippen LogP contribution in [-0.2, 0) is 0 Å². The van der Waals surface area contributed by atoms with Crippen LogP contribution in [0.3, 0.4) is 0 Å². The summed E-state index contributed by atoms with van der Waals surface area (Å²) in [6.45, 7) is 0. The maximum Gasteiger partial charge on any atom is 0.160 e. The minimum atomic E-state index is 0.124. The van der Waals surface area contributed by atoms with Gasteiger partial charge in [-0.05, 0) is 59.0 Å². The summed E-state index contributed by atoms with van der Waals surface area (Å²) in [7, 11) is 0. The van der Waals surface area contributed by atoms with Gasteiger partial charge in [0.2, 0.25) is 0 Å². The molecule has 7 aromatic carbocycles. The van der Waals surface area contributed by atoms with Gasteiger partial charge in [-0.3, -0.25) is 0 Å². The fraction of sp³-hybridized carbons (Fsp3) is 0.0400. The van der Waals surface area contributed by atoms with Gasteiger partial charge in [0.1, 0.15) is 11.5 Å². The van der Waals surface area contributed by atoms with Crippen LogP contribution in [0, 0.1) is 0 Å². The van der Waals surface area contributed by atoms with Crippen LogP contribution in [0.15, 0.2) is 188 Å². The van der Waals surface area contributed by atoms with E-state index in [4.69, 9.17) is 14.7 Å². The number of aromatic nitrogens is 3. The first kappa shape index (κ1) is 30.6. The molecule has 2 aromatic heterocycles.